The second kappa shape index (κ2) is 8.58. The number of anilines is 1. The summed E-state index contributed by atoms with van der Waals surface area (Å²) in [5.74, 6) is -0.714. The molecule has 1 aliphatic rings. The quantitative estimate of drug-likeness (QED) is 0.476. The normalized spacial score (nSPS) is 13.0. The maximum Gasteiger partial charge on any atom is 0.337 e. The van der Waals surface area contributed by atoms with Gasteiger partial charge in [0, 0.05) is 24.0 Å². The number of aryl methyl sites for hydroxylation is 2. The number of hydrazone groups is 1. The number of hydrogen-bond acceptors (Lipinski definition) is 5. The molecule has 164 valence electrons. The van der Waals surface area contributed by atoms with Crippen molar-refractivity contribution in [3.8, 4) is 11.4 Å². The van der Waals surface area contributed by atoms with Gasteiger partial charge in [-0.3, -0.25) is 4.79 Å². The third-order valence-electron chi connectivity index (χ3n) is 5.46. The van der Waals surface area contributed by atoms with Crippen LogP contribution in [0.25, 0.3) is 5.69 Å². The molecule has 0 saturated carbocycles. The molecule has 0 unspecified atom stereocenters. The van der Waals surface area contributed by atoms with Gasteiger partial charge in [0.25, 0.3) is 5.91 Å². The zero-order valence-corrected chi connectivity index (χ0v) is 18.1. The van der Waals surface area contributed by atoms with Gasteiger partial charge in [0.15, 0.2) is 0 Å². The summed E-state index contributed by atoms with van der Waals surface area (Å²) >= 11 is 0. The van der Waals surface area contributed by atoms with Gasteiger partial charge in [-0.05, 0) is 61.9 Å². The molecule has 32 heavy (non-hydrogen) atoms. The predicted octanol–water partition coefficient (Wildman–Crippen LogP) is 3.38. The van der Waals surface area contributed by atoms with E-state index in [1.165, 1.54) is 12.1 Å². The van der Waals surface area contributed by atoms with Gasteiger partial charge in [-0.1, -0.05) is 6.07 Å². The van der Waals surface area contributed by atoms with Crippen LogP contribution < -0.4 is 15.1 Å². The van der Waals surface area contributed by atoms with Crippen LogP contribution in [0.2, 0.25) is 0 Å². The van der Waals surface area contributed by atoms with Gasteiger partial charge in [0.2, 0.25) is 0 Å². The van der Waals surface area contributed by atoms with E-state index < -0.39 is 11.9 Å². The Morgan fingerprint density at radius 3 is 2.53 bits per heavy atom. The van der Waals surface area contributed by atoms with Gasteiger partial charge < -0.3 is 19.3 Å². The number of likely N-dealkylation sites (N-methyl/N-ethyl adjacent to an activating group) is 1. The van der Waals surface area contributed by atoms with Crippen LogP contribution in [0.4, 0.5) is 5.69 Å². The topological polar surface area (TPSA) is 96.2 Å². The molecule has 0 radical (unpaired) electrons. The first kappa shape index (κ1) is 21.2. The molecule has 0 spiro atoms. The van der Waals surface area contributed by atoms with E-state index in [4.69, 9.17) is 4.74 Å². The lowest BCUT2D eigenvalue weighted by Gasteiger charge is -2.27. The molecule has 3 aromatic rings. The molecule has 1 amide bonds. The first-order valence-corrected chi connectivity index (χ1v) is 10.2. The summed E-state index contributed by atoms with van der Waals surface area (Å²) < 4.78 is 7.50. The number of aromatic carboxylic acids is 1. The van der Waals surface area contributed by atoms with Gasteiger partial charge in [-0.15, -0.1) is 0 Å². The Kier molecular flexibility index (Phi) is 5.68. The minimum absolute atomic E-state index is 0.117. The molecule has 8 heteroatoms. The molecular formula is C24H24N4O4. The van der Waals surface area contributed by atoms with Crippen LogP contribution in [0, 0.1) is 13.8 Å². The van der Waals surface area contributed by atoms with Crippen LogP contribution >= 0.6 is 0 Å². The Morgan fingerprint density at radius 1 is 1.06 bits per heavy atom. The standard InChI is InChI=1S/C24H24N4O4/c1-15-4-5-16(2)28(15)21-13-18(7-8-19(21)24(30)31)23(29)26-25-14-17-6-9-20-22(12-17)32-11-10-27(20)3/h4-9,12-14H,10-11H2,1-3H3,(H,26,29)(H,30,31)/b25-14+. The van der Waals surface area contributed by atoms with Gasteiger partial charge in [0.05, 0.1) is 29.7 Å². The molecule has 1 aromatic heterocycles. The molecule has 2 N–H and O–H groups in total. The van der Waals surface area contributed by atoms with Crippen molar-refractivity contribution in [1.29, 1.82) is 0 Å². The van der Waals surface area contributed by atoms with E-state index in [1.807, 2.05) is 55.8 Å². The average molecular weight is 432 g/mol. The Labute approximate surface area is 185 Å². The highest BCUT2D eigenvalue weighted by atomic mass is 16.5. The molecular weight excluding hydrogens is 408 g/mol. The second-order valence-corrected chi connectivity index (χ2v) is 7.68. The van der Waals surface area contributed by atoms with Crippen LogP contribution in [0.3, 0.4) is 0 Å². The van der Waals surface area contributed by atoms with Crippen molar-refractivity contribution < 1.29 is 19.4 Å². The van der Waals surface area contributed by atoms with E-state index >= 15 is 0 Å². The number of rotatable bonds is 5. The highest BCUT2D eigenvalue weighted by Crippen LogP contribution is 2.31. The number of aromatic nitrogens is 1. The maximum absolute atomic E-state index is 12.7. The Bertz CT molecular complexity index is 1210. The molecule has 2 aromatic carbocycles. The zero-order valence-electron chi connectivity index (χ0n) is 18.1. The lowest BCUT2D eigenvalue weighted by molar-refractivity contribution is 0.0696. The van der Waals surface area contributed by atoms with E-state index in [0.29, 0.717) is 17.9 Å². The van der Waals surface area contributed by atoms with Crippen molar-refractivity contribution >= 4 is 23.8 Å². The minimum atomic E-state index is -1.06. The summed E-state index contributed by atoms with van der Waals surface area (Å²) in [7, 11) is 2.01. The Morgan fingerprint density at radius 2 is 1.81 bits per heavy atom. The van der Waals surface area contributed by atoms with E-state index in [1.54, 1.807) is 12.3 Å². The zero-order chi connectivity index (χ0) is 22.8. The first-order valence-electron chi connectivity index (χ1n) is 10.2. The van der Waals surface area contributed by atoms with Crippen LogP contribution in [-0.4, -0.2) is 48.0 Å². The van der Waals surface area contributed by atoms with Crippen molar-refractivity contribution in [2.45, 2.75) is 13.8 Å². The molecule has 1 aliphatic heterocycles. The summed E-state index contributed by atoms with van der Waals surface area (Å²) in [6.07, 6.45) is 1.54. The monoisotopic (exact) mass is 432 g/mol. The van der Waals surface area contributed by atoms with E-state index in [0.717, 1.165) is 34.9 Å². The number of carboxylic acids is 1. The van der Waals surface area contributed by atoms with Crippen molar-refractivity contribution in [3.63, 3.8) is 0 Å². The molecule has 0 bridgehead atoms. The van der Waals surface area contributed by atoms with E-state index in [2.05, 4.69) is 15.4 Å². The third-order valence-corrected chi connectivity index (χ3v) is 5.46. The molecule has 2 heterocycles. The van der Waals surface area contributed by atoms with Crippen LogP contribution in [0.15, 0.2) is 53.6 Å². The van der Waals surface area contributed by atoms with Crippen molar-refractivity contribution in [2.75, 3.05) is 25.1 Å². The van der Waals surface area contributed by atoms with Crippen molar-refractivity contribution in [1.82, 2.24) is 9.99 Å². The highest BCUT2D eigenvalue weighted by Gasteiger charge is 2.18. The van der Waals surface area contributed by atoms with Gasteiger partial charge in [-0.2, -0.15) is 5.10 Å². The summed E-state index contributed by atoms with van der Waals surface area (Å²) in [6, 6.07) is 14.0. The summed E-state index contributed by atoms with van der Waals surface area (Å²) in [6.45, 7) is 5.22. The molecule has 0 fully saturated rings. The fourth-order valence-corrected chi connectivity index (χ4v) is 3.77. The number of nitrogens with one attached hydrogen (secondary N) is 1. The van der Waals surface area contributed by atoms with Gasteiger partial charge >= 0.3 is 5.97 Å². The minimum Gasteiger partial charge on any atom is -0.490 e. The number of carbonyl (C=O) groups excluding carboxylic acids is 1. The number of nitrogens with zero attached hydrogens (tertiary/aromatic N) is 3. The molecule has 0 atom stereocenters. The number of carbonyl (C=O) groups is 2. The number of ether oxygens (including phenoxy) is 1. The molecule has 0 saturated heterocycles. The average Bonchev–Trinajstić information content (AvgIpc) is 3.11. The number of carboxylic acid groups (broad SMARTS) is 1. The lowest BCUT2D eigenvalue weighted by atomic mass is 10.1. The summed E-state index contributed by atoms with van der Waals surface area (Å²) in [5, 5.41) is 13.6. The number of hydrogen-bond donors (Lipinski definition) is 2. The second-order valence-electron chi connectivity index (χ2n) is 7.68. The smallest absolute Gasteiger partial charge is 0.337 e. The third kappa shape index (κ3) is 4.07. The number of fused-ring (bicyclic) bond motifs is 1. The molecule has 8 nitrogen and oxygen atoms in total. The number of benzene rings is 2. The Hall–Kier alpha value is -4.07. The fraction of sp³-hybridized carbons (Fsp3) is 0.208. The maximum atomic E-state index is 12.7. The first-order chi connectivity index (χ1) is 15.3. The van der Waals surface area contributed by atoms with Crippen LogP contribution in [-0.2, 0) is 0 Å². The van der Waals surface area contributed by atoms with Crippen LogP contribution in [0.1, 0.15) is 37.7 Å². The summed E-state index contributed by atoms with van der Waals surface area (Å²) in [5.41, 5.74) is 6.93. The van der Waals surface area contributed by atoms with E-state index in [9.17, 15) is 14.7 Å². The lowest BCUT2D eigenvalue weighted by Crippen LogP contribution is -2.28. The number of amides is 1. The van der Waals surface area contributed by atoms with Crippen LogP contribution in [0.5, 0.6) is 5.75 Å². The summed E-state index contributed by atoms with van der Waals surface area (Å²) in [4.78, 5) is 26.5. The fourth-order valence-electron chi connectivity index (χ4n) is 3.77. The molecule has 0 aliphatic carbocycles. The van der Waals surface area contributed by atoms with Crippen molar-refractivity contribution in [2.24, 2.45) is 5.10 Å². The van der Waals surface area contributed by atoms with Crippen molar-refractivity contribution in [3.05, 3.63) is 76.6 Å². The Balaban J connectivity index is 1.55. The van der Waals surface area contributed by atoms with Gasteiger partial charge in [0.1, 0.15) is 12.4 Å². The van der Waals surface area contributed by atoms with E-state index in [-0.39, 0.29) is 5.56 Å². The predicted molar refractivity (Wildman–Crippen MR) is 122 cm³/mol. The SMILES string of the molecule is Cc1ccc(C)n1-c1cc(C(=O)N/N=C/c2ccc3c(c2)OCCN3C)ccc1C(=O)O. The van der Waals surface area contributed by atoms with Gasteiger partial charge in [-0.25, -0.2) is 10.2 Å². The highest BCUT2D eigenvalue weighted by molar-refractivity contribution is 5.98. The largest absolute Gasteiger partial charge is 0.490 e. The molecule has 4 rings (SSSR count).